The van der Waals surface area contributed by atoms with E-state index >= 15 is 0 Å². The largest absolute Gasteiger partial charge is 0.507 e. The molecule has 2 heterocycles. The number of phenols is 1. The Hall–Kier alpha value is -4.21. The fraction of sp³-hybridized carbons (Fsp3) is 0.375. The Bertz CT molecular complexity index is 2180. The molecule has 0 saturated heterocycles. The van der Waals surface area contributed by atoms with E-state index < -0.39 is 0 Å². The number of nitrogens with zero attached hydrogens (tertiary/aromatic N) is 4. The zero-order chi connectivity index (χ0) is 38.3. The topological polar surface area (TPSA) is 55.9 Å². The van der Waals surface area contributed by atoms with Crippen molar-refractivity contribution >= 4 is 0 Å². The first-order valence-corrected chi connectivity index (χ1v) is 19.5. The predicted octanol–water partition coefficient (Wildman–Crippen LogP) is 13.3. The Balaban J connectivity index is 0.00000561. The normalized spacial score (nSPS) is 11.9. The summed E-state index contributed by atoms with van der Waals surface area (Å²) >= 11 is 0. The minimum atomic E-state index is 0. The van der Waals surface area contributed by atoms with E-state index in [4.69, 9.17) is 9.97 Å². The predicted molar refractivity (Wildman–Crippen MR) is 222 cm³/mol. The molecule has 0 aliphatic rings. The minimum absolute atomic E-state index is 0. The van der Waals surface area contributed by atoms with Gasteiger partial charge in [0.05, 0.1) is 17.1 Å². The monoisotopic (exact) mass is 900 g/mol. The fourth-order valence-corrected chi connectivity index (χ4v) is 7.36. The van der Waals surface area contributed by atoms with Crippen LogP contribution in [0.15, 0.2) is 85.3 Å². The first-order chi connectivity index (χ1) is 25.2. The first-order valence-electron chi connectivity index (χ1n) is 19.5. The summed E-state index contributed by atoms with van der Waals surface area (Å²) in [6.07, 6.45) is 6.11. The third kappa shape index (κ3) is 7.94. The van der Waals surface area contributed by atoms with Crippen molar-refractivity contribution in [1.82, 2.24) is 19.1 Å². The van der Waals surface area contributed by atoms with Crippen molar-refractivity contribution in [3.8, 4) is 51.2 Å². The van der Waals surface area contributed by atoms with Crippen LogP contribution in [0.25, 0.3) is 45.4 Å². The summed E-state index contributed by atoms with van der Waals surface area (Å²) in [5.41, 5.74) is 13.5. The molecule has 0 bridgehead atoms. The third-order valence-corrected chi connectivity index (χ3v) is 10.5. The molecule has 6 rings (SSSR count). The summed E-state index contributed by atoms with van der Waals surface area (Å²) < 4.78 is 4.47. The summed E-state index contributed by atoms with van der Waals surface area (Å²) in [4.78, 5) is 10.2. The van der Waals surface area contributed by atoms with Gasteiger partial charge in [0.15, 0.2) is 0 Å². The van der Waals surface area contributed by atoms with Gasteiger partial charge in [-0.1, -0.05) is 131 Å². The van der Waals surface area contributed by atoms with Crippen LogP contribution in [0.4, 0.5) is 0 Å². The zero-order valence-corrected chi connectivity index (χ0v) is 36.4. The molecule has 5 nitrogen and oxygen atoms in total. The molecule has 0 aliphatic carbocycles. The number of phenolic OH excluding ortho intramolecular Hbond substituents is 1. The number of benzene rings is 4. The van der Waals surface area contributed by atoms with Crippen molar-refractivity contribution in [2.45, 2.75) is 119 Å². The van der Waals surface area contributed by atoms with E-state index in [1.807, 2.05) is 24.4 Å². The number of hydrogen-bond acceptors (Lipinski definition) is 3. The Kier molecular flexibility index (Phi) is 12.6. The molecule has 6 heteroatoms. The van der Waals surface area contributed by atoms with Gasteiger partial charge in [0.1, 0.15) is 11.6 Å². The number of aromatic nitrogens is 4. The summed E-state index contributed by atoms with van der Waals surface area (Å²) in [7, 11) is 0. The summed E-state index contributed by atoms with van der Waals surface area (Å²) in [5.74, 6) is 3.82. The van der Waals surface area contributed by atoms with E-state index in [1.165, 1.54) is 39.1 Å². The Morgan fingerprint density at radius 2 is 1.04 bits per heavy atom. The first kappa shape index (κ1) is 41.0. The fourth-order valence-electron chi connectivity index (χ4n) is 7.36. The van der Waals surface area contributed by atoms with Gasteiger partial charge in [0.25, 0.3) is 0 Å². The Labute approximate surface area is 338 Å². The van der Waals surface area contributed by atoms with Gasteiger partial charge in [-0.2, -0.15) is 0 Å². The maximum atomic E-state index is 11.2. The quantitative estimate of drug-likeness (QED) is 0.132. The molecule has 0 amide bonds. The molecule has 0 atom stereocenters. The van der Waals surface area contributed by atoms with Crippen LogP contribution in [0, 0.1) is 6.07 Å². The van der Waals surface area contributed by atoms with Crippen molar-refractivity contribution in [2.24, 2.45) is 0 Å². The van der Waals surface area contributed by atoms with Gasteiger partial charge in [-0.3, -0.25) is 9.97 Å². The molecule has 0 unspecified atom stereocenters. The molecule has 0 saturated carbocycles. The molecular weight excluding hydrogens is 844 g/mol. The van der Waals surface area contributed by atoms with E-state index in [2.05, 4.69) is 153 Å². The molecule has 4 aromatic carbocycles. The van der Waals surface area contributed by atoms with Crippen LogP contribution in [-0.4, -0.2) is 24.2 Å². The molecule has 0 radical (unpaired) electrons. The molecule has 54 heavy (non-hydrogen) atoms. The van der Waals surface area contributed by atoms with E-state index in [0.29, 0.717) is 35.1 Å². The van der Waals surface area contributed by atoms with E-state index in [-0.39, 0.29) is 38.7 Å². The van der Waals surface area contributed by atoms with E-state index in [9.17, 15) is 5.11 Å². The van der Waals surface area contributed by atoms with Gasteiger partial charge in [-0.05, 0) is 81.0 Å². The van der Waals surface area contributed by atoms with Gasteiger partial charge in [-0.15, -0.1) is 24.3 Å². The van der Waals surface area contributed by atoms with Gasteiger partial charge in [0.2, 0.25) is 0 Å². The third-order valence-electron chi connectivity index (χ3n) is 10.5. The molecule has 6 aromatic rings. The summed E-state index contributed by atoms with van der Waals surface area (Å²) in [6.45, 7) is 27.2. The van der Waals surface area contributed by atoms with E-state index in [1.54, 1.807) is 6.07 Å². The van der Waals surface area contributed by atoms with Gasteiger partial charge < -0.3 is 14.2 Å². The van der Waals surface area contributed by atoms with Crippen molar-refractivity contribution in [3.63, 3.8) is 0 Å². The molecule has 0 spiro atoms. The molecule has 1 N–H and O–H groups in total. The molecule has 286 valence electrons. The van der Waals surface area contributed by atoms with Crippen molar-refractivity contribution in [3.05, 3.63) is 125 Å². The minimum Gasteiger partial charge on any atom is -0.507 e. The van der Waals surface area contributed by atoms with Crippen molar-refractivity contribution in [1.29, 1.82) is 0 Å². The van der Waals surface area contributed by atoms with Crippen molar-refractivity contribution < 1.29 is 26.2 Å². The Morgan fingerprint density at radius 3 is 1.52 bits per heavy atom. The SMILES string of the molecule is CC(C)c1cc(C(C)C)c(-n2ccnc2-c2[c-]c(-c3cn(-c4c(C(C)C)cc(C(C)C)cc4C(C)C)c(-c4ccccc4O)n3)ccc2)c(C(C)C)c1.[Pt]. The van der Waals surface area contributed by atoms with Crippen molar-refractivity contribution in [2.75, 3.05) is 0 Å². The van der Waals surface area contributed by atoms with Crippen LogP contribution in [0.1, 0.15) is 152 Å². The zero-order valence-electron chi connectivity index (χ0n) is 34.1. The maximum Gasteiger partial charge on any atom is 0.140 e. The number of para-hydroxylation sites is 1. The van der Waals surface area contributed by atoms with Crippen LogP contribution in [0.2, 0.25) is 0 Å². The second kappa shape index (κ2) is 16.7. The molecular formula is C48H57N4OPt-. The van der Waals surface area contributed by atoms with Crippen LogP contribution >= 0.6 is 0 Å². The second-order valence-electron chi connectivity index (χ2n) is 16.5. The smallest absolute Gasteiger partial charge is 0.140 e. The van der Waals surface area contributed by atoms with Crippen LogP contribution < -0.4 is 0 Å². The standard InChI is InChI=1S/C48H57N4O.Pt/c1-28(2)36-23-39(30(5)6)45(40(24-36)31(7)8)51-21-20-49-47(51)35-17-15-16-34(22-35)43-27-52(48(50-43)38-18-13-14-19-44(38)53)46-41(32(9)10)25-37(29(3)4)26-42(46)33(11)12;/h13-21,23-33,53H,1-12H3;/q-1;. The Morgan fingerprint density at radius 1 is 0.556 bits per heavy atom. The number of aromatic hydroxyl groups is 1. The number of imidazole rings is 2. The average molecular weight is 901 g/mol. The van der Waals surface area contributed by atoms with Gasteiger partial charge >= 0.3 is 0 Å². The number of rotatable bonds is 11. The number of hydrogen-bond donors (Lipinski definition) is 1. The average Bonchev–Trinajstić information content (AvgIpc) is 3.79. The van der Waals surface area contributed by atoms with Crippen LogP contribution in [0.3, 0.4) is 0 Å². The summed E-state index contributed by atoms with van der Waals surface area (Å²) in [6, 6.07) is 27.0. The van der Waals surface area contributed by atoms with E-state index in [0.717, 1.165) is 28.3 Å². The summed E-state index contributed by atoms with van der Waals surface area (Å²) in [5, 5.41) is 11.2. The van der Waals surface area contributed by atoms with Gasteiger partial charge in [0, 0.05) is 51.0 Å². The molecule has 2 aromatic heterocycles. The molecule has 0 aliphatic heterocycles. The molecule has 0 fully saturated rings. The van der Waals surface area contributed by atoms with Crippen LogP contribution in [-0.2, 0) is 21.1 Å². The van der Waals surface area contributed by atoms with Crippen LogP contribution in [0.5, 0.6) is 5.75 Å². The maximum absolute atomic E-state index is 11.2. The second-order valence-corrected chi connectivity index (χ2v) is 16.5. The van der Waals surface area contributed by atoms with Gasteiger partial charge in [-0.25, -0.2) is 0 Å².